The number of nitrogens with zero attached hydrogens (tertiary/aromatic N) is 2. The summed E-state index contributed by atoms with van der Waals surface area (Å²) in [6, 6.07) is 8.14. The number of hydrogen-bond acceptors (Lipinski definition) is 4. The molecule has 0 spiro atoms. The van der Waals surface area contributed by atoms with Crippen LogP contribution in [-0.2, 0) is 9.59 Å². The van der Waals surface area contributed by atoms with Crippen LogP contribution < -0.4 is 5.32 Å². The maximum absolute atomic E-state index is 12.6. The molecule has 7 heteroatoms. The van der Waals surface area contributed by atoms with E-state index < -0.39 is 0 Å². The number of carbonyl (C=O) groups is 2. The number of piperidine rings is 1. The number of aromatic amines is 1. The predicted octanol–water partition coefficient (Wildman–Crippen LogP) is 3.80. The summed E-state index contributed by atoms with van der Waals surface area (Å²) in [5.74, 6) is -0.207. The van der Waals surface area contributed by atoms with Gasteiger partial charge in [0.05, 0.1) is 11.6 Å². The van der Waals surface area contributed by atoms with E-state index in [1.54, 1.807) is 11.8 Å². The number of aromatic nitrogens is 2. The first kappa shape index (κ1) is 17.7. The zero-order chi connectivity index (χ0) is 19.0. The molecular weight excluding hydrogens is 360 g/mol. The van der Waals surface area contributed by atoms with Gasteiger partial charge in [-0.3, -0.25) is 9.59 Å². The Morgan fingerprint density at radius 2 is 2.15 bits per heavy atom. The van der Waals surface area contributed by atoms with Gasteiger partial charge in [-0.1, -0.05) is 18.2 Å². The van der Waals surface area contributed by atoms with Crippen LogP contribution in [0.15, 0.2) is 29.6 Å². The molecule has 0 saturated carbocycles. The fourth-order valence-corrected chi connectivity index (χ4v) is 4.44. The molecule has 1 aliphatic heterocycles. The molecule has 4 rings (SSSR count). The predicted molar refractivity (Wildman–Crippen MR) is 108 cm³/mol. The second kappa shape index (κ2) is 7.15. The highest BCUT2D eigenvalue weighted by Crippen LogP contribution is 2.34. The van der Waals surface area contributed by atoms with Crippen LogP contribution in [0.4, 0.5) is 5.13 Å². The maximum Gasteiger partial charge on any atom is 0.231 e. The molecule has 1 atom stereocenters. The van der Waals surface area contributed by atoms with Gasteiger partial charge in [0.2, 0.25) is 11.8 Å². The average molecular weight is 382 g/mol. The number of nitrogens with one attached hydrogen (secondary N) is 2. The topological polar surface area (TPSA) is 78.1 Å². The zero-order valence-corrected chi connectivity index (χ0v) is 16.2. The van der Waals surface area contributed by atoms with Gasteiger partial charge < -0.3 is 15.2 Å². The fourth-order valence-electron chi connectivity index (χ4n) is 3.74. The molecule has 2 N–H and O–H groups in total. The third-order valence-electron chi connectivity index (χ3n) is 5.12. The molecule has 27 heavy (non-hydrogen) atoms. The molecule has 1 saturated heterocycles. The number of aryl methyl sites for hydroxylation is 1. The largest absolute Gasteiger partial charge is 0.358 e. The lowest BCUT2D eigenvalue weighted by Gasteiger charge is -2.31. The highest BCUT2D eigenvalue weighted by atomic mass is 32.1. The molecule has 1 aromatic carbocycles. The van der Waals surface area contributed by atoms with Crippen LogP contribution in [0.25, 0.3) is 22.2 Å². The SMILES string of the molecule is CC(=O)N1CCCC(C(=O)Nc2nc(-c3c(C)[nH]c4ccccc34)cs2)C1. The third-order valence-corrected chi connectivity index (χ3v) is 5.88. The number of hydrogen-bond donors (Lipinski definition) is 2. The number of amides is 2. The van der Waals surface area contributed by atoms with E-state index in [0.29, 0.717) is 11.7 Å². The Kier molecular flexibility index (Phi) is 4.70. The molecule has 1 fully saturated rings. The van der Waals surface area contributed by atoms with E-state index in [2.05, 4.69) is 21.4 Å². The number of likely N-dealkylation sites (tertiary alicyclic amines) is 1. The molecule has 1 unspecified atom stereocenters. The molecular formula is C20H22N4O2S. The van der Waals surface area contributed by atoms with E-state index in [4.69, 9.17) is 0 Å². The average Bonchev–Trinajstić information content (AvgIpc) is 3.24. The Hall–Kier alpha value is -2.67. The molecule has 140 valence electrons. The van der Waals surface area contributed by atoms with Crippen molar-refractivity contribution >= 4 is 39.2 Å². The van der Waals surface area contributed by atoms with Crippen LogP contribution in [0.5, 0.6) is 0 Å². The van der Waals surface area contributed by atoms with E-state index in [9.17, 15) is 9.59 Å². The number of H-pyrrole nitrogens is 1. The summed E-state index contributed by atoms with van der Waals surface area (Å²) in [6.45, 7) is 4.81. The minimum Gasteiger partial charge on any atom is -0.358 e. The normalized spacial score (nSPS) is 17.3. The summed E-state index contributed by atoms with van der Waals surface area (Å²) in [5, 5.41) is 6.64. The van der Waals surface area contributed by atoms with Crippen LogP contribution in [0.1, 0.15) is 25.5 Å². The van der Waals surface area contributed by atoms with E-state index in [1.165, 1.54) is 11.3 Å². The summed E-state index contributed by atoms with van der Waals surface area (Å²) in [6.07, 6.45) is 1.66. The molecule has 0 aliphatic carbocycles. The highest BCUT2D eigenvalue weighted by molar-refractivity contribution is 7.14. The van der Waals surface area contributed by atoms with Gasteiger partial charge in [0, 0.05) is 47.6 Å². The minimum atomic E-state index is -0.176. The summed E-state index contributed by atoms with van der Waals surface area (Å²) >= 11 is 1.43. The number of para-hydroxylation sites is 1. The summed E-state index contributed by atoms with van der Waals surface area (Å²) in [4.78, 5) is 34.0. The number of fused-ring (bicyclic) bond motifs is 1. The van der Waals surface area contributed by atoms with E-state index in [1.807, 2.05) is 30.5 Å². The van der Waals surface area contributed by atoms with Crippen LogP contribution >= 0.6 is 11.3 Å². The van der Waals surface area contributed by atoms with Crippen molar-refractivity contribution in [1.82, 2.24) is 14.9 Å². The van der Waals surface area contributed by atoms with Gasteiger partial charge in [-0.05, 0) is 25.8 Å². The number of rotatable bonds is 3. The molecule has 2 amide bonds. The van der Waals surface area contributed by atoms with E-state index >= 15 is 0 Å². The lowest BCUT2D eigenvalue weighted by atomic mass is 9.97. The summed E-state index contributed by atoms with van der Waals surface area (Å²) in [7, 11) is 0. The molecule has 1 aliphatic rings. The van der Waals surface area contributed by atoms with Gasteiger partial charge in [0.1, 0.15) is 0 Å². The Labute approximate surface area is 161 Å². The van der Waals surface area contributed by atoms with Gasteiger partial charge >= 0.3 is 0 Å². The van der Waals surface area contributed by atoms with Crippen molar-refractivity contribution in [2.75, 3.05) is 18.4 Å². The Morgan fingerprint density at radius 1 is 1.33 bits per heavy atom. The summed E-state index contributed by atoms with van der Waals surface area (Å²) < 4.78 is 0. The van der Waals surface area contributed by atoms with Crippen molar-refractivity contribution in [3.63, 3.8) is 0 Å². The van der Waals surface area contributed by atoms with Gasteiger partial charge in [-0.2, -0.15) is 0 Å². The first-order valence-corrected chi connectivity index (χ1v) is 10.0. The van der Waals surface area contributed by atoms with Crippen molar-refractivity contribution < 1.29 is 9.59 Å². The second-order valence-electron chi connectivity index (χ2n) is 7.00. The smallest absolute Gasteiger partial charge is 0.231 e. The molecule has 2 aromatic heterocycles. The van der Waals surface area contributed by atoms with Gasteiger partial charge in [-0.15, -0.1) is 11.3 Å². The first-order chi connectivity index (χ1) is 13.0. The molecule has 3 aromatic rings. The highest BCUT2D eigenvalue weighted by Gasteiger charge is 2.27. The molecule has 6 nitrogen and oxygen atoms in total. The Bertz CT molecular complexity index is 1010. The van der Waals surface area contributed by atoms with Crippen molar-refractivity contribution in [1.29, 1.82) is 0 Å². The third kappa shape index (κ3) is 3.47. The Balaban J connectivity index is 1.52. The van der Waals surface area contributed by atoms with E-state index in [0.717, 1.165) is 47.2 Å². The maximum atomic E-state index is 12.6. The summed E-state index contributed by atoms with van der Waals surface area (Å²) in [5.41, 5.74) is 4.07. The number of carbonyl (C=O) groups excluding carboxylic acids is 2. The molecule has 3 heterocycles. The quantitative estimate of drug-likeness (QED) is 0.723. The molecule has 0 bridgehead atoms. The van der Waals surface area contributed by atoms with Gasteiger partial charge in [0.25, 0.3) is 0 Å². The van der Waals surface area contributed by atoms with Gasteiger partial charge in [-0.25, -0.2) is 4.98 Å². The lowest BCUT2D eigenvalue weighted by molar-refractivity contribution is -0.132. The lowest BCUT2D eigenvalue weighted by Crippen LogP contribution is -2.42. The number of thiazole rings is 1. The van der Waals surface area contributed by atoms with Crippen molar-refractivity contribution in [3.8, 4) is 11.3 Å². The van der Waals surface area contributed by atoms with Crippen molar-refractivity contribution in [2.24, 2.45) is 5.92 Å². The van der Waals surface area contributed by atoms with Crippen molar-refractivity contribution in [3.05, 3.63) is 35.3 Å². The second-order valence-corrected chi connectivity index (χ2v) is 7.86. The van der Waals surface area contributed by atoms with Gasteiger partial charge in [0.15, 0.2) is 5.13 Å². The van der Waals surface area contributed by atoms with Crippen LogP contribution in [0, 0.1) is 12.8 Å². The fraction of sp³-hybridized carbons (Fsp3) is 0.350. The zero-order valence-electron chi connectivity index (χ0n) is 15.4. The number of anilines is 1. The van der Waals surface area contributed by atoms with Crippen LogP contribution in [0.2, 0.25) is 0 Å². The number of benzene rings is 1. The first-order valence-electron chi connectivity index (χ1n) is 9.12. The van der Waals surface area contributed by atoms with Crippen LogP contribution in [-0.4, -0.2) is 39.8 Å². The van der Waals surface area contributed by atoms with Crippen LogP contribution in [0.3, 0.4) is 0 Å². The standard InChI is InChI=1S/C20H22N4O2S/c1-12-18(15-7-3-4-8-16(15)21-12)17-11-27-20(22-17)23-19(26)14-6-5-9-24(10-14)13(2)25/h3-4,7-8,11,14,21H,5-6,9-10H2,1-2H3,(H,22,23,26). The van der Waals surface area contributed by atoms with E-state index in [-0.39, 0.29) is 17.7 Å². The Morgan fingerprint density at radius 3 is 2.96 bits per heavy atom. The minimum absolute atomic E-state index is 0.0267. The molecule has 0 radical (unpaired) electrons. The van der Waals surface area contributed by atoms with Crippen molar-refractivity contribution in [2.45, 2.75) is 26.7 Å². The monoisotopic (exact) mass is 382 g/mol.